The number of nitrogens with zero attached hydrogens (tertiary/aromatic N) is 1. The Morgan fingerprint density at radius 2 is 2.50 bits per heavy atom. The van der Waals surface area contributed by atoms with Gasteiger partial charge in [-0.15, -0.1) is 0 Å². The van der Waals surface area contributed by atoms with E-state index in [0.717, 1.165) is 19.0 Å². The van der Waals surface area contributed by atoms with Gasteiger partial charge in [0.1, 0.15) is 0 Å². The maximum absolute atomic E-state index is 5.39. The highest BCUT2D eigenvalue weighted by atomic mass is 35.5. The molecular formula is C9H17ClN2. The Morgan fingerprint density at radius 1 is 1.67 bits per heavy atom. The summed E-state index contributed by atoms with van der Waals surface area (Å²) in [5.41, 5.74) is 1.56. The number of hydrogen-bond acceptors (Lipinski definition) is 2. The van der Waals surface area contributed by atoms with E-state index in [1.54, 1.807) is 5.54 Å². The second-order valence-electron chi connectivity index (χ2n) is 3.44. The third kappa shape index (κ3) is 3.57. The zero-order valence-corrected chi connectivity index (χ0v) is 8.35. The Hall–Kier alpha value is -0.0500. The molecule has 1 atom stereocenters. The van der Waals surface area contributed by atoms with Gasteiger partial charge in [-0.2, -0.15) is 0 Å². The fourth-order valence-corrected chi connectivity index (χ4v) is 1.70. The lowest BCUT2D eigenvalue weighted by Gasteiger charge is -2.09. The second-order valence-corrected chi connectivity index (χ2v) is 3.69. The van der Waals surface area contributed by atoms with Crippen LogP contribution in [0.1, 0.15) is 6.42 Å². The quantitative estimate of drug-likeness (QED) is 0.669. The first kappa shape index (κ1) is 10.0. The summed E-state index contributed by atoms with van der Waals surface area (Å²) in [6, 6.07) is 0. The summed E-state index contributed by atoms with van der Waals surface area (Å²) in [7, 11) is 2.18. The molecule has 70 valence electrons. The minimum absolute atomic E-state index is 0.832. The van der Waals surface area contributed by atoms with Gasteiger partial charge in [0.05, 0.1) is 0 Å². The summed E-state index contributed by atoms with van der Waals surface area (Å²) in [6.07, 6.45) is 3.26. The molecule has 0 aromatic carbocycles. The lowest BCUT2D eigenvalue weighted by Crippen LogP contribution is -2.25. The Morgan fingerprint density at radius 3 is 3.08 bits per heavy atom. The molecular weight excluding hydrogens is 172 g/mol. The van der Waals surface area contributed by atoms with Gasteiger partial charge >= 0.3 is 0 Å². The van der Waals surface area contributed by atoms with Crippen molar-refractivity contribution >= 4 is 11.6 Å². The Balaban J connectivity index is 2.00. The molecule has 0 bridgehead atoms. The van der Waals surface area contributed by atoms with Gasteiger partial charge < -0.3 is 10.2 Å². The monoisotopic (exact) mass is 188 g/mol. The van der Waals surface area contributed by atoms with Crippen LogP contribution in [0.3, 0.4) is 0 Å². The third-order valence-electron chi connectivity index (χ3n) is 2.27. The van der Waals surface area contributed by atoms with E-state index in [1.165, 1.54) is 19.5 Å². The standard InChI is InChI=1S/C9H17ClN2/c1-12-6-3-9(8-12)7-11-5-2-4-10/h2,4,9,11H,3,5-8H2,1H3/b4-2+. The molecule has 0 saturated carbocycles. The van der Waals surface area contributed by atoms with Gasteiger partial charge in [-0.25, -0.2) is 0 Å². The maximum Gasteiger partial charge on any atom is 0.0146 e. The molecule has 0 aromatic heterocycles. The molecule has 3 heteroatoms. The number of nitrogens with one attached hydrogen (secondary N) is 1. The van der Waals surface area contributed by atoms with Crippen LogP contribution in [0, 0.1) is 5.92 Å². The Labute approximate surface area is 79.6 Å². The first-order chi connectivity index (χ1) is 5.83. The minimum Gasteiger partial charge on any atom is -0.313 e. The number of rotatable bonds is 4. The van der Waals surface area contributed by atoms with Crippen molar-refractivity contribution in [1.29, 1.82) is 0 Å². The van der Waals surface area contributed by atoms with Crippen LogP contribution in [0.25, 0.3) is 0 Å². The predicted molar refractivity (Wildman–Crippen MR) is 53.5 cm³/mol. The molecule has 1 rings (SSSR count). The summed E-state index contributed by atoms with van der Waals surface area (Å²) < 4.78 is 0. The van der Waals surface area contributed by atoms with E-state index in [4.69, 9.17) is 11.6 Å². The van der Waals surface area contributed by atoms with Crippen LogP contribution in [0.4, 0.5) is 0 Å². The van der Waals surface area contributed by atoms with E-state index in [0.29, 0.717) is 0 Å². The van der Waals surface area contributed by atoms with E-state index < -0.39 is 0 Å². The fourth-order valence-electron chi connectivity index (χ4n) is 1.61. The Bertz CT molecular complexity index is 147. The summed E-state index contributed by atoms with van der Waals surface area (Å²) in [5.74, 6) is 0.832. The number of halogens is 1. The van der Waals surface area contributed by atoms with E-state index >= 15 is 0 Å². The van der Waals surface area contributed by atoms with Crippen molar-refractivity contribution in [1.82, 2.24) is 10.2 Å². The number of likely N-dealkylation sites (tertiary alicyclic amines) is 1. The minimum atomic E-state index is 0.832. The van der Waals surface area contributed by atoms with E-state index in [1.807, 2.05) is 6.08 Å². The molecule has 1 aliphatic heterocycles. The van der Waals surface area contributed by atoms with Crippen molar-refractivity contribution in [3.63, 3.8) is 0 Å². The van der Waals surface area contributed by atoms with Crippen molar-refractivity contribution in [2.24, 2.45) is 5.92 Å². The Kier molecular flexibility index (Phi) is 4.66. The van der Waals surface area contributed by atoms with Gasteiger partial charge in [0.15, 0.2) is 0 Å². The average Bonchev–Trinajstić information content (AvgIpc) is 2.45. The molecule has 1 N–H and O–H groups in total. The molecule has 0 aromatic rings. The first-order valence-corrected chi connectivity index (χ1v) is 4.91. The second kappa shape index (κ2) is 5.57. The van der Waals surface area contributed by atoms with Gasteiger partial charge in [0.25, 0.3) is 0 Å². The van der Waals surface area contributed by atoms with E-state index in [2.05, 4.69) is 17.3 Å². The molecule has 1 unspecified atom stereocenters. The summed E-state index contributed by atoms with van der Waals surface area (Å²) in [6.45, 7) is 4.49. The molecule has 0 aliphatic carbocycles. The molecule has 1 fully saturated rings. The van der Waals surface area contributed by atoms with Crippen LogP contribution in [-0.4, -0.2) is 38.1 Å². The van der Waals surface area contributed by atoms with Gasteiger partial charge in [0.2, 0.25) is 0 Å². The van der Waals surface area contributed by atoms with Crippen LogP contribution in [0.2, 0.25) is 0 Å². The zero-order valence-electron chi connectivity index (χ0n) is 7.59. The van der Waals surface area contributed by atoms with Crippen molar-refractivity contribution in [2.45, 2.75) is 6.42 Å². The predicted octanol–water partition coefficient (Wildman–Crippen LogP) is 1.28. The highest BCUT2D eigenvalue weighted by Crippen LogP contribution is 2.12. The summed E-state index contributed by atoms with van der Waals surface area (Å²) in [4.78, 5) is 2.38. The van der Waals surface area contributed by atoms with Crippen LogP contribution >= 0.6 is 11.6 Å². The summed E-state index contributed by atoms with van der Waals surface area (Å²) in [5, 5.41) is 3.35. The van der Waals surface area contributed by atoms with Crippen molar-refractivity contribution in [3.8, 4) is 0 Å². The molecule has 1 heterocycles. The van der Waals surface area contributed by atoms with Gasteiger partial charge in [-0.05, 0) is 32.5 Å². The lowest BCUT2D eigenvalue weighted by atomic mass is 10.1. The largest absolute Gasteiger partial charge is 0.313 e. The topological polar surface area (TPSA) is 15.3 Å². The van der Waals surface area contributed by atoms with Crippen molar-refractivity contribution in [2.75, 3.05) is 33.2 Å². The van der Waals surface area contributed by atoms with Crippen LogP contribution < -0.4 is 5.32 Å². The third-order valence-corrected chi connectivity index (χ3v) is 2.45. The van der Waals surface area contributed by atoms with Gasteiger partial charge in [-0.1, -0.05) is 17.7 Å². The summed E-state index contributed by atoms with van der Waals surface area (Å²) >= 11 is 5.39. The van der Waals surface area contributed by atoms with E-state index in [9.17, 15) is 0 Å². The zero-order chi connectivity index (χ0) is 8.81. The molecule has 2 nitrogen and oxygen atoms in total. The molecule has 1 saturated heterocycles. The molecule has 0 spiro atoms. The van der Waals surface area contributed by atoms with Crippen molar-refractivity contribution < 1.29 is 0 Å². The lowest BCUT2D eigenvalue weighted by molar-refractivity contribution is 0.390. The maximum atomic E-state index is 5.39. The number of hydrogen-bond donors (Lipinski definition) is 1. The molecule has 0 amide bonds. The normalized spacial score (nSPS) is 25.7. The van der Waals surface area contributed by atoms with Gasteiger partial charge in [0, 0.05) is 18.6 Å². The highest BCUT2D eigenvalue weighted by molar-refractivity contribution is 6.25. The smallest absolute Gasteiger partial charge is 0.0146 e. The van der Waals surface area contributed by atoms with Crippen molar-refractivity contribution in [3.05, 3.63) is 11.6 Å². The van der Waals surface area contributed by atoms with Gasteiger partial charge in [-0.3, -0.25) is 0 Å². The fraction of sp³-hybridized carbons (Fsp3) is 0.778. The average molecular weight is 189 g/mol. The van der Waals surface area contributed by atoms with Crippen LogP contribution in [-0.2, 0) is 0 Å². The van der Waals surface area contributed by atoms with Crippen LogP contribution in [0.15, 0.2) is 11.6 Å². The van der Waals surface area contributed by atoms with Crippen LogP contribution in [0.5, 0.6) is 0 Å². The molecule has 12 heavy (non-hydrogen) atoms. The molecule has 0 radical (unpaired) electrons. The first-order valence-electron chi connectivity index (χ1n) is 4.47. The SMILES string of the molecule is CN1CCC(CNC/C=C/Cl)C1. The molecule has 1 aliphatic rings. The highest BCUT2D eigenvalue weighted by Gasteiger charge is 2.17. The van der Waals surface area contributed by atoms with E-state index in [-0.39, 0.29) is 0 Å².